The van der Waals surface area contributed by atoms with Gasteiger partial charge in [-0.05, 0) is 13.0 Å². The molecule has 88 valence electrons. The van der Waals surface area contributed by atoms with E-state index in [1.807, 2.05) is 13.0 Å². The van der Waals surface area contributed by atoms with Gasteiger partial charge in [0.2, 0.25) is 5.88 Å². The average Bonchev–Trinajstić information content (AvgIpc) is 2.58. The summed E-state index contributed by atoms with van der Waals surface area (Å²) in [5.74, 6) is 1.15. The number of nitrogens with zero attached hydrogens (tertiary/aromatic N) is 3. The Hall–Kier alpha value is -1.95. The number of aromatic nitrogens is 3. The minimum Gasteiger partial charge on any atom is -0.437 e. The van der Waals surface area contributed by atoms with Gasteiger partial charge in [0.25, 0.3) is 0 Å². The molecule has 6 heteroatoms. The lowest BCUT2D eigenvalue weighted by Crippen LogP contribution is -2.11. The molecule has 0 aliphatic rings. The highest BCUT2D eigenvalue weighted by Crippen LogP contribution is 2.24. The normalized spacial score (nSPS) is 10.2. The summed E-state index contributed by atoms with van der Waals surface area (Å²) in [6.45, 7) is 1.89. The minimum absolute atomic E-state index is 0.279. The van der Waals surface area contributed by atoms with Gasteiger partial charge in [-0.2, -0.15) is 5.10 Å². The van der Waals surface area contributed by atoms with Crippen LogP contribution < -0.4 is 10.5 Å². The van der Waals surface area contributed by atoms with Crippen molar-refractivity contribution in [2.45, 2.75) is 6.92 Å². The molecule has 5 nitrogen and oxygen atoms in total. The quantitative estimate of drug-likeness (QED) is 0.835. The van der Waals surface area contributed by atoms with Crippen LogP contribution in [0.15, 0.2) is 24.5 Å². The van der Waals surface area contributed by atoms with Crippen LogP contribution in [0.1, 0.15) is 11.3 Å². The smallest absolute Gasteiger partial charge is 0.217 e. The van der Waals surface area contributed by atoms with Crippen molar-refractivity contribution in [2.75, 3.05) is 0 Å². The molecule has 0 fully saturated rings. The van der Waals surface area contributed by atoms with Crippen LogP contribution in [-0.2, 0) is 7.05 Å². The van der Waals surface area contributed by atoms with Gasteiger partial charge in [0.05, 0.1) is 17.5 Å². The van der Waals surface area contributed by atoms with Gasteiger partial charge < -0.3 is 10.5 Å². The van der Waals surface area contributed by atoms with Crippen LogP contribution in [0.2, 0.25) is 0 Å². The minimum atomic E-state index is 0.279. The van der Waals surface area contributed by atoms with E-state index in [1.165, 1.54) is 0 Å². The predicted octanol–water partition coefficient (Wildman–Crippen LogP) is 1.55. The highest BCUT2D eigenvalue weighted by molar-refractivity contribution is 7.80. The zero-order valence-corrected chi connectivity index (χ0v) is 10.4. The topological polar surface area (TPSA) is 66.0 Å². The summed E-state index contributed by atoms with van der Waals surface area (Å²) < 4.78 is 7.34. The summed E-state index contributed by atoms with van der Waals surface area (Å²) in [4.78, 5) is 4.27. The fourth-order valence-corrected chi connectivity index (χ4v) is 1.63. The molecular formula is C11H12N4OS. The van der Waals surface area contributed by atoms with Gasteiger partial charge in [-0.25, -0.2) is 4.68 Å². The summed E-state index contributed by atoms with van der Waals surface area (Å²) in [5.41, 5.74) is 7.15. The number of hydrogen-bond acceptors (Lipinski definition) is 4. The SMILES string of the molecule is Cc1cc(Oc2cnccc2C(N)=S)n(C)n1. The van der Waals surface area contributed by atoms with Crippen molar-refractivity contribution in [2.24, 2.45) is 12.8 Å². The third-order valence-electron chi connectivity index (χ3n) is 2.22. The van der Waals surface area contributed by atoms with E-state index in [4.69, 9.17) is 22.7 Å². The monoisotopic (exact) mass is 248 g/mol. The van der Waals surface area contributed by atoms with Crippen molar-refractivity contribution >= 4 is 17.2 Å². The zero-order valence-electron chi connectivity index (χ0n) is 9.54. The van der Waals surface area contributed by atoms with Crippen molar-refractivity contribution in [1.82, 2.24) is 14.8 Å². The summed E-state index contributed by atoms with van der Waals surface area (Å²) in [7, 11) is 1.80. The Morgan fingerprint density at radius 3 is 2.88 bits per heavy atom. The van der Waals surface area contributed by atoms with Gasteiger partial charge in [0, 0.05) is 19.3 Å². The molecule has 0 atom stereocenters. The summed E-state index contributed by atoms with van der Waals surface area (Å²) in [5, 5.41) is 4.19. The Morgan fingerprint density at radius 1 is 1.53 bits per heavy atom. The molecule has 2 heterocycles. The Kier molecular flexibility index (Phi) is 3.06. The lowest BCUT2D eigenvalue weighted by atomic mass is 10.2. The lowest BCUT2D eigenvalue weighted by Gasteiger charge is -2.08. The van der Waals surface area contributed by atoms with Crippen LogP contribution in [0.4, 0.5) is 0 Å². The molecule has 0 radical (unpaired) electrons. The fourth-order valence-electron chi connectivity index (χ4n) is 1.46. The second kappa shape index (κ2) is 4.50. The van der Waals surface area contributed by atoms with Gasteiger partial charge in [0.15, 0.2) is 5.75 Å². The molecule has 2 aromatic heterocycles. The van der Waals surface area contributed by atoms with E-state index in [0.717, 1.165) is 5.69 Å². The number of pyridine rings is 1. The van der Waals surface area contributed by atoms with Crippen LogP contribution in [0.5, 0.6) is 11.6 Å². The van der Waals surface area contributed by atoms with E-state index in [-0.39, 0.29) is 4.99 Å². The van der Waals surface area contributed by atoms with Crippen molar-refractivity contribution in [3.8, 4) is 11.6 Å². The van der Waals surface area contributed by atoms with E-state index in [0.29, 0.717) is 17.2 Å². The highest BCUT2D eigenvalue weighted by atomic mass is 32.1. The number of rotatable bonds is 3. The molecule has 2 rings (SSSR count). The second-order valence-corrected chi connectivity index (χ2v) is 4.03. The first-order valence-corrected chi connectivity index (χ1v) is 5.41. The zero-order chi connectivity index (χ0) is 12.4. The van der Waals surface area contributed by atoms with E-state index in [2.05, 4.69) is 10.1 Å². The molecule has 2 aromatic rings. The summed E-state index contributed by atoms with van der Waals surface area (Å²) in [6.07, 6.45) is 3.20. The molecule has 0 saturated carbocycles. The van der Waals surface area contributed by atoms with Crippen molar-refractivity contribution in [1.29, 1.82) is 0 Å². The third-order valence-corrected chi connectivity index (χ3v) is 2.44. The standard InChI is InChI=1S/C11H12N4OS/c1-7-5-10(15(2)14-7)16-9-6-13-4-3-8(9)11(12)17/h3-6H,1-2H3,(H2,12,17). The molecule has 0 bridgehead atoms. The van der Waals surface area contributed by atoms with Gasteiger partial charge in [-0.3, -0.25) is 4.98 Å². The average molecular weight is 248 g/mol. The number of nitrogens with two attached hydrogens (primary N) is 1. The van der Waals surface area contributed by atoms with E-state index < -0.39 is 0 Å². The maximum Gasteiger partial charge on any atom is 0.217 e. The van der Waals surface area contributed by atoms with Crippen molar-refractivity contribution in [3.63, 3.8) is 0 Å². The van der Waals surface area contributed by atoms with E-state index in [9.17, 15) is 0 Å². The Bertz CT molecular complexity index is 564. The number of hydrogen-bond donors (Lipinski definition) is 1. The van der Waals surface area contributed by atoms with Gasteiger partial charge >= 0.3 is 0 Å². The van der Waals surface area contributed by atoms with Crippen LogP contribution in [0.3, 0.4) is 0 Å². The van der Waals surface area contributed by atoms with Crippen LogP contribution in [0, 0.1) is 6.92 Å². The summed E-state index contributed by atoms with van der Waals surface area (Å²) in [6, 6.07) is 3.55. The number of ether oxygens (including phenoxy) is 1. The van der Waals surface area contributed by atoms with Crippen LogP contribution in [-0.4, -0.2) is 19.8 Å². The van der Waals surface area contributed by atoms with Crippen LogP contribution in [0.25, 0.3) is 0 Å². The molecule has 0 saturated heterocycles. The molecule has 0 aliphatic heterocycles. The molecule has 17 heavy (non-hydrogen) atoms. The van der Waals surface area contributed by atoms with Gasteiger partial charge in [-0.15, -0.1) is 0 Å². The number of aryl methyl sites for hydroxylation is 2. The summed E-state index contributed by atoms with van der Waals surface area (Å²) >= 11 is 4.95. The van der Waals surface area contributed by atoms with Crippen molar-refractivity contribution < 1.29 is 4.74 Å². The molecule has 0 unspecified atom stereocenters. The Morgan fingerprint density at radius 2 is 2.29 bits per heavy atom. The molecule has 0 spiro atoms. The maximum atomic E-state index is 5.69. The molecule has 0 aliphatic carbocycles. The van der Waals surface area contributed by atoms with Crippen LogP contribution >= 0.6 is 12.2 Å². The van der Waals surface area contributed by atoms with E-state index in [1.54, 1.807) is 30.2 Å². The third kappa shape index (κ3) is 2.42. The van der Waals surface area contributed by atoms with Crippen molar-refractivity contribution in [3.05, 3.63) is 35.8 Å². The lowest BCUT2D eigenvalue weighted by molar-refractivity contribution is 0.428. The first-order valence-electron chi connectivity index (χ1n) is 5.00. The molecule has 0 amide bonds. The predicted molar refractivity (Wildman–Crippen MR) is 68.1 cm³/mol. The van der Waals surface area contributed by atoms with Gasteiger partial charge in [-0.1, -0.05) is 12.2 Å². The fraction of sp³-hybridized carbons (Fsp3) is 0.182. The largest absolute Gasteiger partial charge is 0.437 e. The van der Waals surface area contributed by atoms with Gasteiger partial charge in [0.1, 0.15) is 4.99 Å². The first kappa shape index (κ1) is 11.5. The molecule has 0 aromatic carbocycles. The first-order chi connectivity index (χ1) is 8.08. The Labute approximate surface area is 104 Å². The second-order valence-electron chi connectivity index (χ2n) is 3.59. The maximum absolute atomic E-state index is 5.69. The molecule has 2 N–H and O–H groups in total. The highest BCUT2D eigenvalue weighted by Gasteiger charge is 2.10. The Balaban J connectivity index is 2.36. The molecular weight excluding hydrogens is 236 g/mol. The number of thiocarbonyl (C=S) groups is 1. The van der Waals surface area contributed by atoms with E-state index >= 15 is 0 Å².